The molecule has 2 aromatic carbocycles. The molecule has 0 radical (unpaired) electrons. The minimum atomic E-state index is -0.260. The monoisotopic (exact) mass is 413 g/mol. The second kappa shape index (κ2) is 8.12. The average Bonchev–Trinajstić information content (AvgIpc) is 3.35. The number of anilines is 3. The van der Waals surface area contributed by atoms with Crippen molar-refractivity contribution in [3.05, 3.63) is 72.6 Å². The summed E-state index contributed by atoms with van der Waals surface area (Å²) in [6.45, 7) is 3.92. The molecular weight excluding hydrogens is 390 g/mol. The normalized spacial score (nSPS) is 14.0. The number of nitrogens with one attached hydrogen (secondary N) is 2. The fraction of sp³-hybridized carbons (Fsp3) is 0.167. The predicted octanol–water partition coefficient (Wildman–Crippen LogP) is 3.74. The second-order valence-electron chi connectivity index (χ2n) is 7.57. The largest absolute Gasteiger partial charge is 0.464 e. The van der Waals surface area contributed by atoms with Gasteiger partial charge in [-0.1, -0.05) is 6.07 Å². The molecule has 0 spiro atoms. The van der Waals surface area contributed by atoms with Crippen molar-refractivity contribution >= 4 is 33.9 Å². The van der Waals surface area contributed by atoms with Gasteiger partial charge in [0, 0.05) is 49.0 Å². The van der Waals surface area contributed by atoms with E-state index in [2.05, 4.69) is 32.7 Å². The van der Waals surface area contributed by atoms with E-state index in [-0.39, 0.29) is 5.91 Å². The van der Waals surface area contributed by atoms with E-state index in [1.165, 1.54) is 0 Å². The lowest BCUT2D eigenvalue weighted by Gasteiger charge is -2.29. The highest BCUT2D eigenvalue weighted by atomic mass is 16.3. The van der Waals surface area contributed by atoms with Gasteiger partial charge in [-0.2, -0.15) is 0 Å². The highest BCUT2D eigenvalue weighted by Crippen LogP contribution is 2.28. The van der Waals surface area contributed by atoms with Crippen molar-refractivity contribution < 1.29 is 9.21 Å². The van der Waals surface area contributed by atoms with E-state index in [0.29, 0.717) is 22.7 Å². The molecule has 4 N–H and O–H groups in total. The number of aromatic nitrogens is 1. The van der Waals surface area contributed by atoms with E-state index < -0.39 is 0 Å². The summed E-state index contributed by atoms with van der Waals surface area (Å²) in [5.41, 5.74) is 10.4. The summed E-state index contributed by atoms with van der Waals surface area (Å²) in [5, 5.41) is 7.18. The summed E-state index contributed by atoms with van der Waals surface area (Å²) >= 11 is 0. The van der Waals surface area contributed by atoms with Crippen LogP contribution in [0.25, 0.3) is 22.2 Å². The Morgan fingerprint density at radius 3 is 2.77 bits per heavy atom. The van der Waals surface area contributed by atoms with Crippen LogP contribution in [0.2, 0.25) is 0 Å². The number of furan rings is 1. The number of amides is 1. The molecule has 2 aromatic heterocycles. The molecular formula is C24H23N5O2. The van der Waals surface area contributed by atoms with Gasteiger partial charge in [-0.05, 0) is 48.5 Å². The Labute approximate surface area is 179 Å². The van der Waals surface area contributed by atoms with Gasteiger partial charge in [0.1, 0.15) is 5.76 Å². The number of piperazine rings is 1. The maximum atomic E-state index is 12.9. The Balaban J connectivity index is 1.38. The first-order valence-electron chi connectivity index (χ1n) is 10.3. The van der Waals surface area contributed by atoms with E-state index in [4.69, 9.17) is 10.2 Å². The predicted molar refractivity (Wildman–Crippen MR) is 123 cm³/mol. The van der Waals surface area contributed by atoms with Crippen molar-refractivity contribution in [1.29, 1.82) is 0 Å². The van der Waals surface area contributed by atoms with E-state index in [0.717, 1.165) is 48.3 Å². The maximum absolute atomic E-state index is 12.9. The van der Waals surface area contributed by atoms with Crippen molar-refractivity contribution in [3.8, 4) is 11.3 Å². The zero-order valence-electron chi connectivity index (χ0n) is 17.0. The third-order valence-corrected chi connectivity index (χ3v) is 5.52. The van der Waals surface area contributed by atoms with Gasteiger partial charge in [-0.3, -0.25) is 9.78 Å². The van der Waals surface area contributed by atoms with Crippen LogP contribution in [0.3, 0.4) is 0 Å². The molecule has 1 amide bonds. The third kappa shape index (κ3) is 3.95. The van der Waals surface area contributed by atoms with Crippen LogP contribution in [-0.2, 0) is 0 Å². The molecule has 0 unspecified atom stereocenters. The molecule has 0 aliphatic carbocycles. The first-order chi connectivity index (χ1) is 15.2. The third-order valence-electron chi connectivity index (χ3n) is 5.52. The first-order valence-corrected chi connectivity index (χ1v) is 10.3. The number of pyridine rings is 1. The van der Waals surface area contributed by atoms with Gasteiger partial charge in [-0.25, -0.2) is 0 Å². The Hall–Kier alpha value is -3.84. The fourth-order valence-electron chi connectivity index (χ4n) is 3.81. The quantitative estimate of drug-likeness (QED) is 0.441. The molecule has 0 atom stereocenters. The molecule has 31 heavy (non-hydrogen) atoms. The van der Waals surface area contributed by atoms with Crippen molar-refractivity contribution in [1.82, 2.24) is 10.3 Å². The fourth-order valence-corrected chi connectivity index (χ4v) is 3.81. The number of rotatable bonds is 4. The minimum Gasteiger partial charge on any atom is -0.464 e. The first kappa shape index (κ1) is 19.1. The summed E-state index contributed by atoms with van der Waals surface area (Å²) in [6.07, 6.45) is 3.21. The second-order valence-corrected chi connectivity index (χ2v) is 7.57. The molecule has 0 saturated carbocycles. The molecule has 7 heteroatoms. The van der Waals surface area contributed by atoms with Crippen LogP contribution in [0.4, 0.5) is 17.1 Å². The molecule has 156 valence electrons. The van der Waals surface area contributed by atoms with Gasteiger partial charge >= 0.3 is 0 Å². The van der Waals surface area contributed by atoms with Gasteiger partial charge in [0.25, 0.3) is 5.91 Å². The molecule has 5 rings (SSSR count). The summed E-state index contributed by atoms with van der Waals surface area (Å²) in [7, 11) is 0. The van der Waals surface area contributed by atoms with Crippen LogP contribution in [0, 0.1) is 0 Å². The van der Waals surface area contributed by atoms with E-state index >= 15 is 0 Å². The van der Waals surface area contributed by atoms with Gasteiger partial charge in [0.05, 0.1) is 28.7 Å². The Kier molecular flexibility index (Phi) is 5.01. The zero-order valence-corrected chi connectivity index (χ0v) is 17.0. The molecule has 0 bridgehead atoms. The smallest absolute Gasteiger partial charge is 0.257 e. The maximum Gasteiger partial charge on any atom is 0.257 e. The number of hydrogen-bond acceptors (Lipinski definition) is 6. The van der Waals surface area contributed by atoms with Crippen LogP contribution in [0.15, 0.2) is 71.5 Å². The van der Waals surface area contributed by atoms with Gasteiger partial charge < -0.3 is 25.7 Å². The number of nitrogens with zero attached hydrogens (tertiary/aromatic N) is 2. The molecule has 1 fully saturated rings. The van der Waals surface area contributed by atoms with Crippen molar-refractivity contribution in [3.63, 3.8) is 0 Å². The molecule has 3 heterocycles. The van der Waals surface area contributed by atoms with Gasteiger partial charge in [0.2, 0.25) is 0 Å². The molecule has 1 aliphatic rings. The number of benzene rings is 2. The molecule has 1 saturated heterocycles. The van der Waals surface area contributed by atoms with Gasteiger partial charge in [-0.15, -0.1) is 0 Å². The minimum absolute atomic E-state index is 0.260. The van der Waals surface area contributed by atoms with E-state index in [1.807, 2.05) is 30.3 Å². The summed E-state index contributed by atoms with van der Waals surface area (Å²) in [6, 6.07) is 17.1. The van der Waals surface area contributed by atoms with Crippen LogP contribution < -0.4 is 21.3 Å². The Bertz CT molecular complexity index is 1230. The number of carbonyl (C=O) groups excluding carboxylic acids is 1. The lowest BCUT2D eigenvalue weighted by atomic mass is 10.1. The van der Waals surface area contributed by atoms with Crippen molar-refractivity contribution in [2.24, 2.45) is 0 Å². The van der Waals surface area contributed by atoms with Gasteiger partial charge in [0.15, 0.2) is 0 Å². The standard InChI is InChI=1S/C24H23N5O2/c25-20-6-4-17(23-2-1-11-31-23)13-22(20)28-24(30)18-12-16-3-5-19(14-21(16)27-15-18)29-9-7-26-8-10-29/h1-6,11-15,26H,7-10,25H2,(H,28,30). The topological polar surface area (TPSA) is 96.4 Å². The summed E-state index contributed by atoms with van der Waals surface area (Å²) in [5.74, 6) is 0.451. The van der Waals surface area contributed by atoms with Crippen LogP contribution in [0.5, 0.6) is 0 Å². The highest BCUT2D eigenvalue weighted by molar-refractivity contribution is 6.07. The molecule has 4 aromatic rings. The number of carbonyl (C=O) groups is 1. The SMILES string of the molecule is Nc1ccc(-c2ccco2)cc1NC(=O)c1cnc2cc(N3CCNCC3)ccc2c1. The zero-order chi connectivity index (χ0) is 21.2. The van der Waals surface area contributed by atoms with Crippen LogP contribution in [-0.4, -0.2) is 37.1 Å². The summed E-state index contributed by atoms with van der Waals surface area (Å²) < 4.78 is 5.44. The lowest BCUT2D eigenvalue weighted by molar-refractivity contribution is 0.102. The average molecular weight is 413 g/mol. The highest BCUT2D eigenvalue weighted by Gasteiger charge is 2.14. The van der Waals surface area contributed by atoms with Crippen LogP contribution in [0.1, 0.15) is 10.4 Å². The molecule has 1 aliphatic heterocycles. The lowest BCUT2D eigenvalue weighted by Crippen LogP contribution is -2.43. The number of fused-ring (bicyclic) bond motifs is 1. The Morgan fingerprint density at radius 2 is 1.97 bits per heavy atom. The number of nitrogen functional groups attached to an aromatic ring is 1. The van der Waals surface area contributed by atoms with Crippen LogP contribution >= 0.6 is 0 Å². The number of nitrogens with two attached hydrogens (primary N) is 1. The van der Waals surface area contributed by atoms with E-state index in [9.17, 15) is 4.79 Å². The summed E-state index contributed by atoms with van der Waals surface area (Å²) in [4.78, 5) is 19.7. The van der Waals surface area contributed by atoms with E-state index in [1.54, 1.807) is 24.6 Å². The van der Waals surface area contributed by atoms with Crippen molar-refractivity contribution in [2.75, 3.05) is 42.1 Å². The molecule has 7 nitrogen and oxygen atoms in total. The van der Waals surface area contributed by atoms with Crippen molar-refractivity contribution in [2.45, 2.75) is 0 Å². The Morgan fingerprint density at radius 1 is 1.10 bits per heavy atom. The number of hydrogen-bond donors (Lipinski definition) is 3.